The van der Waals surface area contributed by atoms with Gasteiger partial charge in [-0.3, -0.25) is 4.79 Å². The molecule has 0 atom stereocenters. The molecule has 2 aromatic carbocycles. The van der Waals surface area contributed by atoms with Crippen molar-refractivity contribution in [3.05, 3.63) is 53.6 Å². The van der Waals surface area contributed by atoms with Crippen molar-refractivity contribution in [2.24, 2.45) is 0 Å². The summed E-state index contributed by atoms with van der Waals surface area (Å²) in [5, 5.41) is 2.82. The molecule has 0 saturated carbocycles. The Morgan fingerprint density at radius 2 is 1.79 bits per heavy atom. The third-order valence-corrected chi connectivity index (χ3v) is 3.68. The van der Waals surface area contributed by atoms with E-state index in [1.807, 2.05) is 25.1 Å². The van der Waals surface area contributed by atoms with Crippen molar-refractivity contribution < 1.29 is 14.3 Å². The normalized spacial score (nSPS) is 11.0. The highest BCUT2D eigenvalue weighted by Gasteiger charge is 2.19. The van der Waals surface area contributed by atoms with Crippen molar-refractivity contribution in [2.75, 3.05) is 19.0 Å². The minimum Gasteiger partial charge on any atom is -0.495 e. The van der Waals surface area contributed by atoms with Gasteiger partial charge in [0.2, 0.25) is 0 Å². The Morgan fingerprint density at radius 1 is 1.08 bits per heavy atom. The smallest absolute Gasteiger partial charge is 0.262 e. The van der Waals surface area contributed by atoms with E-state index in [1.165, 1.54) is 0 Å². The molecule has 4 nitrogen and oxygen atoms in total. The van der Waals surface area contributed by atoms with Crippen molar-refractivity contribution in [2.45, 2.75) is 33.1 Å². The fraction of sp³-hybridized carbons (Fsp3) is 0.350. The number of nitrogens with one attached hydrogen (secondary N) is 1. The van der Waals surface area contributed by atoms with Crippen LogP contribution in [-0.4, -0.2) is 19.6 Å². The summed E-state index contributed by atoms with van der Waals surface area (Å²) in [6.45, 7) is 8.33. The highest BCUT2D eigenvalue weighted by Crippen LogP contribution is 2.32. The summed E-state index contributed by atoms with van der Waals surface area (Å²) in [4.78, 5) is 12.2. The zero-order valence-electron chi connectivity index (χ0n) is 15.0. The zero-order valence-corrected chi connectivity index (χ0v) is 15.0. The summed E-state index contributed by atoms with van der Waals surface area (Å²) >= 11 is 0. The third kappa shape index (κ3) is 4.51. The van der Waals surface area contributed by atoms with E-state index in [1.54, 1.807) is 19.2 Å². The number of aryl methyl sites for hydroxylation is 1. The predicted molar refractivity (Wildman–Crippen MR) is 97.0 cm³/mol. The second kappa shape index (κ2) is 7.39. The monoisotopic (exact) mass is 327 g/mol. The van der Waals surface area contributed by atoms with Crippen LogP contribution in [0.2, 0.25) is 0 Å². The summed E-state index contributed by atoms with van der Waals surface area (Å²) in [6.07, 6.45) is 0. The van der Waals surface area contributed by atoms with Gasteiger partial charge in [0.25, 0.3) is 5.91 Å². The number of rotatable bonds is 5. The molecule has 0 aliphatic heterocycles. The maximum absolute atomic E-state index is 12.2. The molecule has 2 aromatic rings. The molecule has 1 N–H and O–H groups in total. The van der Waals surface area contributed by atoms with E-state index >= 15 is 0 Å². The van der Waals surface area contributed by atoms with Crippen LogP contribution < -0.4 is 14.8 Å². The van der Waals surface area contributed by atoms with Crippen LogP contribution in [0.1, 0.15) is 31.9 Å². The lowest BCUT2D eigenvalue weighted by atomic mass is 9.86. The molecule has 0 aliphatic carbocycles. The minimum absolute atomic E-state index is 0.0510. The fourth-order valence-electron chi connectivity index (χ4n) is 2.45. The molecule has 1 amide bonds. The second-order valence-corrected chi connectivity index (χ2v) is 6.79. The van der Waals surface area contributed by atoms with E-state index in [0.717, 1.165) is 16.9 Å². The molecule has 24 heavy (non-hydrogen) atoms. The molecule has 0 unspecified atom stereocenters. The Hall–Kier alpha value is -2.49. The van der Waals surface area contributed by atoms with Gasteiger partial charge >= 0.3 is 0 Å². The molecule has 0 aliphatic rings. The molecule has 0 bridgehead atoms. The first kappa shape index (κ1) is 17.9. The van der Waals surface area contributed by atoms with Gasteiger partial charge < -0.3 is 14.8 Å². The first-order chi connectivity index (χ1) is 11.3. The van der Waals surface area contributed by atoms with Gasteiger partial charge in [0.05, 0.1) is 12.8 Å². The second-order valence-electron chi connectivity index (χ2n) is 6.79. The van der Waals surface area contributed by atoms with E-state index in [2.05, 4.69) is 38.2 Å². The lowest BCUT2D eigenvalue weighted by Gasteiger charge is -2.23. The number of carbonyl (C=O) groups excluding carboxylic acids is 1. The number of hydrogen-bond donors (Lipinski definition) is 1. The topological polar surface area (TPSA) is 47.6 Å². The fourth-order valence-corrected chi connectivity index (χ4v) is 2.45. The molecule has 0 saturated heterocycles. The number of hydrogen-bond acceptors (Lipinski definition) is 3. The van der Waals surface area contributed by atoms with Crippen molar-refractivity contribution in [1.82, 2.24) is 0 Å². The molecule has 2 rings (SSSR count). The number of benzene rings is 2. The largest absolute Gasteiger partial charge is 0.495 e. The predicted octanol–water partition coefficient (Wildman–Crippen LogP) is 4.32. The minimum atomic E-state index is -0.221. The summed E-state index contributed by atoms with van der Waals surface area (Å²) in [5.74, 6) is 1.15. The lowest BCUT2D eigenvalue weighted by Crippen LogP contribution is -2.22. The first-order valence-corrected chi connectivity index (χ1v) is 7.98. The van der Waals surface area contributed by atoms with Crippen molar-refractivity contribution in [1.29, 1.82) is 0 Å². The van der Waals surface area contributed by atoms with Crippen LogP contribution in [0.25, 0.3) is 0 Å². The number of para-hydroxylation sites is 2. The Labute approximate surface area is 143 Å². The van der Waals surface area contributed by atoms with Gasteiger partial charge in [-0.05, 0) is 41.7 Å². The van der Waals surface area contributed by atoms with E-state index in [0.29, 0.717) is 11.4 Å². The van der Waals surface area contributed by atoms with Gasteiger partial charge in [0.1, 0.15) is 11.5 Å². The summed E-state index contributed by atoms with van der Waals surface area (Å²) in [7, 11) is 1.57. The van der Waals surface area contributed by atoms with Crippen LogP contribution in [0, 0.1) is 6.92 Å². The van der Waals surface area contributed by atoms with Crippen molar-refractivity contribution in [3.8, 4) is 11.5 Å². The molecule has 4 heteroatoms. The van der Waals surface area contributed by atoms with Gasteiger partial charge in [-0.25, -0.2) is 0 Å². The molecule has 0 heterocycles. The number of ether oxygens (including phenoxy) is 2. The Morgan fingerprint density at radius 3 is 2.46 bits per heavy atom. The highest BCUT2D eigenvalue weighted by atomic mass is 16.5. The number of amides is 1. The maximum atomic E-state index is 12.2. The Balaban J connectivity index is 2.08. The number of methoxy groups -OCH3 is 1. The molecular formula is C20H25NO3. The average Bonchev–Trinajstić information content (AvgIpc) is 2.52. The highest BCUT2D eigenvalue weighted by molar-refractivity contribution is 5.93. The summed E-state index contributed by atoms with van der Waals surface area (Å²) in [6, 6.07) is 13.4. The molecule has 0 radical (unpaired) electrons. The van der Waals surface area contributed by atoms with Gasteiger partial charge in [-0.15, -0.1) is 0 Å². The zero-order chi connectivity index (χ0) is 17.7. The molecule has 0 aromatic heterocycles. The van der Waals surface area contributed by atoms with E-state index in [-0.39, 0.29) is 17.9 Å². The average molecular weight is 327 g/mol. The van der Waals surface area contributed by atoms with Crippen LogP contribution in [0.15, 0.2) is 42.5 Å². The maximum Gasteiger partial charge on any atom is 0.262 e. The van der Waals surface area contributed by atoms with Crippen LogP contribution in [-0.2, 0) is 10.2 Å². The van der Waals surface area contributed by atoms with Crippen LogP contribution in [0.3, 0.4) is 0 Å². The van der Waals surface area contributed by atoms with Crippen molar-refractivity contribution >= 4 is 11.6 Å². The standard InChI is InChI=1S/C20H25NO3/c1-14-10-11-15(20(2,3)4)18(12-14)24-13-19(22)21-16-8-6-7-9-17(16)23-5/h6-12H,13H2,1-5H3,(H,21,22). The van der Waals surface area contributed by atoms with Crippen molar-refractivity contribution in [3.63, 3.8) is 0 Å². The first-order valence-electron chi connectivity index (χ1n) is 7.98. The van der Waals surface area contributed by atoms with Gasteiger partial charge in [0, 0.05) is 0 Å². The number of carbonyl (C=O) groups is 1. The third-order valence-electron chi connectivity index (χ3n) is 3.68. The van der Waals surface area contributed by atoms with Gasteiger partial charge in [0.15, 0.2) is 6.61 Å². The van der Waals surface area contributed by atoms with Crippen LogP contribution in [0.4, 0.5) is 5.69 Å². The van der Waals surface area contributed by atoms with E-state index in [4.69, 9.17) is 9.47 Å². The summed E-state index contributed by atoms with van der Waals surface area (Å²) < 4.78 is 11.0. The quantitative estimate of drug-likeness (QED) is 0.890. The number of anilines is 1. The summed E-state index contributed by atoms with van der Waals surface area (Å²) in [5.41, 5.74) is 2.76. The van der Waals surface area contributed by atoms with E-state index in [9.17, 15) is 4.79 Å². The van der Waals surface area contributed by atoms with Crippen LogP contribution in [0.5, 0.6) is 11.5 Å². The van der Waals surface area contributed by atoms with E-state index < -0.39 is 0 Å². The molecule has 128 valence electrons. The van der Waals surface area contributed by atoms with Gasteiger partial charge in [-0.2, -0.15) is 0 Å². The lowest BCUT2D eigenvalue weighted by molar-refractivity contribution is -0.118. The van der Waals surface area contributed by atoms with Gasteiger partial charge in [-0.1, -0.05) is 45.0 Å². The SMILES string of the molecule is COc1ccccc1NC(=O)COc1cc(C)ccc1C(C)(C)C. The Kier molecular flexibility index (Phi) is 5.50. The Bertz CT molecular complexity index is 717. The molecular weight excluding hydrogens is 302 g/mol. The van der Waals surface area contributed by atoms with Crippen LogP contribution >= 0.6 is 0 Å². The molecule has 0 fully saturated rings. The molecule has 0 spiro atoms.